The van der Waals surface area contributed by atoms with E-state index < -0.39 is 0 Å². The molecule has 1 aliphatic rings. The third kappa shape index (κ3) is 4.19. The Morgan fingerprint density at radius 2 is 1.61 bits per heavy atom. The minimum atomic E-state index is 0. The summed E-state index contributed by atoms with van der Waals surface area (Å²) in [4.78, 5) is 1.56. The topological polar surface area (TPSA) is 22.9 Å². The number of halogens is 2. The average Bonchev–Trinajstić information content (AvgIpc) is 2.55. The van der Waals surface area contributed by atoms with Gasteiger partial charge in [-0.15, -0.1) is 0 Å². The molecule has 0 saturated carbocycles. The van der Waals surface area contributed by atoms with Crippen molar-refractivity contribution in [3.05, 3.63) is 58.1 Å². The number of fused-ring (bicyclic) bond motifs is 1. The molecule has 0 bridgehead atoms. The van der Waals surface area contributed by atoms with E-state index in [4.69, 9.17) is 21.1 Å². The van der Waals surface area contributed by atoms with Crippen molar-refractivity contribution < 1.29 is 31.4 Å². The second-order valence-electron chi connectivity index (χ2n) is 5.71. The van der Waals surface area contributed by atoms with E-state index in [0.717, 1.165) is 42.6 Å². The Bertz CT molecular complexity index is 661. The number of benzene rings is 2. The van der Waals surface area contributed by atoms with E-state index in [0.29, 0.717) is 0 Å². The molecule has 0 amide bonds. The lowest BCUT2D eigenvalue weighted by molar-refractivity contribution is -0.929. The van der Waals surface area contributed by atoms with Gasteiger partial charge in [-0.25, -0.2) is 0 Å². The first-order chi connectivity index (χ1) is 10.7. The van der Waals surface area contributed by atoms with Gasteiger partial charge in [-0.3, -0.25) is 0 Å². The molecule has 5 heteroatoms. The molecule has 2 aromatic carbocycles. The molecular formula is C18H21BrClNO2. The van der Waals surface area contributed by atoms with Gasteiger partial charge in [0.1, 0.15) is 13.1 Å². The van der Waals surface area contributed by atoms with Crippen LogP contribution in [0.25, 0.3) is 0 Å². The van der Waals surface area contributed by atoms with Crippen LogP contribution >= 0.6 is 11.6 Å². The van der Waals surface area contributed by atoms with Gasteiger partial charge in [0.25, 0.3) is 0 Å². The normalized spacial score (nSPS) is 16.2. The third-order valence-corrected chi connectivity index (χ3v) is 4.51. The van der Waals surface area contributed by atoms with Crippen molar-refractivity contribution in [2.75, 3.05) is 20.8 Å². The summed E-state index contributed by atoms with van der Waals surface area (Å²) in [7, 11) is 3.37. The molecule has 1 N–H and O–H groups in total. The molecule has 0 saturated heterocycles. The van der Waals surface area contributed by atoms with Crippen LogP contribution in [0.1, 0.15) is 16.7 Å². The zero-order chi connectivity index (χ0) is 15.5. The molecule has 1 aliphatic heterocycles. The van der Waals surface area contributed by atoms with Gasteiger partial charge < -0.3 is 31.4 Å². The quantitative estimate of drug-likeness (QED) is 0.751. The summed E-state index contributed by atoms with van der Waals surface area (Å²) in [5.74, 6) is 1.64. The molecule has 1 heterocycles. The van der Waals surface area contributed by atoms with E-state index >= 15 is 0 Å². The number of hydrogen-bond donors (Lipinski definition) is 1. The van der Waals surface area contributed by atoms with E-state index in [1.807, 2.05) is 12.1 Å². The second-order valence-corrected chi connectivity index (χ2v) is 6.14. The van der Waals surface area contributed by atoms with Crippen molar-refractivity contribution in [3.63, 3.8) is 0 Å². The van der Waals surface area contributed by atoms with Crippen molar-refractivity contribution >= 4 is 11.6 Å². The van der Waals surface area contributed by atoms with Crippen LogP contribution in [0, 0.1) is 0 Å². The van der Waals surface area contributed by atoms with E-state index in [1.54, 1.807) is 19.1 Å². The molecular weight excluding hydrogens is 378 g/mol. The molecule has 124 valence electrons. The maximum atomic E-state index is 5.95. The molecule has 0 radical (unpaired) electrons. The Morgan fingerprint density at radius 3 is 2.22 bits per heavy atom. The highest BCUT2D eigenvalue weighted by atomic mass is 79.9. The molecule has 0 aliphatic carbocycles. The van der Waals surface area contributed by atoms with E-state index in [1.165, 1.54) is 16.7 Å². The second kappa shape index (κ2) is 8.04. The largest absolute Gasteiger partial charge is 1.00 e. The monoisotopic (exact) mass is 397 g/mol. The van der Waals surface area contributed by atoms with Crippen molar-refractivity contribution in [3.8, 4) is 11.5 Å². The summed E-state index contributed by atoms with van der Waals surface area (Å²) in [6, 6.07) is 12.4. The summed E-state index contributed by atoms with van der Waals surface area (Å²) in [5, 5.41) is 0.791. The van der Waals surface area contributed by atoms with Crippen molar-refractivity contribution in [2.45, 2.75) is 19.5 Å². The fraction of sp³-hybridized carbons (Fsp3) is 0.333. The first-order valence-corrected chi connectivity index (χ1v) is 7.89. The van der Waals surface area contributed by atoms with Gasteiger partial charge in [0.15, 0.2) is 11.5 Å². The molecule has 0 fully saturated rings. The van der Waals surface area contributed by atoms with Crippen molar-refractivity contribution in [1.29, 1.82) is 0 Å². The number of nitrogens with one attached hydrogen (secondary N) is 1. The van der Waals surface area contributed by atoms with Gasteiger partial charge in [0, 0.05) is 22.6 Å². The lowest BCUT2D eigenvalue weighted by atomic mass is 9.98. The number of methoxy groups -OCH3 is 2. The fourth-order valence-corrected chi connectivity index (χ4v) is 3.20. The molecule has 2 aromatic rings. The fourth-order valence-electron chi connectivity index (χ4n) is 3.07. The molecule has 23 heavy (non-hydrogen) atoms. The molecule has 1 unspecified atom stereocenters. The summed E-state index contributed by atoms with van der Waals surface area (Å²) < 4.78 is 10.8. The first kappa shape index (κ1) is 18.1. The Kier molecular flexibility index (Phi) is 6.33. The number of hydrogen-bond acceptors (Lipinski definition) is 2. The average molecular weight is 399 g/mol. The van der Waals surface area contributed by atoms with Gasteiger partial charge in [-0.2, -0.15) is 0 Å². The van der Waals surface area contributed by atoms with Crippen LogP contribution in [0.5, 0.6) is 11.5 Å². The lowest BCUT2D eigenvalue weighted by Crippen LogP contribution is -3.10. The van der Waals surface area contributed by atoms with E-state index in [9.17, 15) is 0 Å². The van der Waals surface area contributed by atoms with Crippen LogP contribution in [0.2, 0.25) is 5.02 Å². The smallest absolute Gasteiger partial charge is 0.161 e. The van der Waals surface area contributed by atoms with E-state index in [-0.39, 0.29) is 17.0 Å². The molecule has 0 spiro atoms. The molecule has 0 aromatic heterocycles. The van der Waals surface area contributed by atoms with Crippen LogP contribution in [-0.2, 0) is 19.5 Å². The highest BCUT2D eigenvalue weighted by molar-refractivity contribution is 6.30. The predicted octanol–water partition coefficient (Wildman–Crippen LogP) is -0.498. The van der Waals surface area contributed by atoms with Crippen LogP contribution in [0.4, 0.5) is 0 Å². The Hall–Kier alpha value is -1.23. The number of rotatable bonds is 4. The van der Waals surface area contributed by atoms with Gasteiger partial charge in [0.2, 0.25) is 0 Å². The van der Waals surface area contributed by atoms with Gasteiger partial charge in [0.05, 0.1) is 20.8 Å². The molecule has 1 atom stereocenters. The van der Waals surface area contributed by atoms with Gasteiger partial charge in [-0.1, -0.05) is 23.7 Å². The van der Waals surface area contributed by atoms with Crippen molar-refractivity contribution in [1.82, 2.24) is 0 Å². The zero-order valence-electron chi connectivity index (χ0n) is 13.4. The SMILES string of the molecule is COc1cc2c(cc1OC)C[NH+](Cc1ccc(Cl)cc1)CC2.[Br-]. The number of ether oxygens (including phenoxy) is 2. The summed E-state index contributed by atoms with van der Waals surface area (Å²) >= 11 is 5.95. The molecule has 3 nitrogen and oxygen atoms in total. The summed E-state index contributed by atoms with van der Waals surface area (Å²) in [6.45, 7) is 3.16. The van der Waals surface area contributed by atoms with Crippen LogP contribution in [0.3, 0.4) is 0 Å². The minimum Gasteiger partial charge on any atom is -1.00 e. The van der Waals surface area contributed by atoms with E-state index in [2.05, 4.69) is 24.3 Å². The Morgan fingerprint density at radius 1 is 1.00 bits per heavy atom. The van der Waals surface area contributed by atoms with Crippen LogP contribution in [0.15, 0.2) is 36.4 Å². The maximum Gasteiger partial charge on any atom is 0.161 e. The lowest BCUT2D eigenvalue weighted by Gasteiger charge is -2.27. The standard InChI is InChI=1S/C18H20ClNO2.BrH/c1-21-17-9-14-7-8-20(12-15(14)10-18(17)22-2)11-13-3-5-16(19)6-4-13;/h3-6,9-10H,7-8,11-12H2,1-2H3;1H. The minimum absolute atomic E-state index is 0. The van der Waals surface area contributed by atoms with Gasteiger partial charge >= 0.3 is 0 Å². The van der Waals surface area contributed by atoms with Gasteiger partial charge in [-0.05, 0) is 29.8 Å². The number of quaternary nitrogens is 1. The predicted molar refractivity (Wildman–Crippen MR) is 87.9 cm³/mol. The highest BCUT2D eigenvalue weighted by Crippen LogP contribution is 2.31. The van der Waals surface area contributed by atoms with Crippen LogP contribution in [-0.4, -0.2) is 20.8 Å². The Labute approximate surface area is 152 Å². The molecule has 3 rings (SSSR count). The Balaban J connectivity index is 0.00000192. The zero-order valence-corrected chi connectivity index (χ0v) is 15.7. The maximum absolute atomic E-state index is 5.95. The summed E-state index contributed by atoms with van der Waals surface area (Å²) in [6.07, 6.45) is 1.07. The summed E-state index contributed by atoms with van der Waals surface area (Å²) in [5.41, 5.74) is 4.05. The third-order valence-electron chi connectivity index (χ3n) is 4.26. The first-order valence-electron chi connectivity index (χ1n) is 7.51. The van der Waals surface area contributed by atoms with Crippen molar-refractivity contribution in [2.24, 2.45) is 0 Å². The highest BCUT2D eigenvalue weighted by Gasteiger charge is 2.22. The van der Waals surface area contributed by atoms with Crippen LogP contribution < -0.4 is 31.4 Å².